The van der Waals surface area contributed by atoms with E-state index in [1.165, 1.54) is 5.56 Å². The fourth-order valence-electron chi connectivity index (χ4n) is 1.59. The van der Waals surface area contributed by atoms with Crippen LogP contribution in [0.2, 0.25) is 0 Å². The van der Waals surface area contributed by atoms with Crippen LogP contribution in [0.4, 0.5) is 0 Å². The Morgan fingerprint density at radius 1 is 1.64 bits per heavy atom. The highest BCUT2D eigenvalue weighted by Crippen LogP contribution is 2.52. The summed E-state index contributed by atoms with van der Waals surface area (Å²) < 4.78 is 0. The molecule has 1 N–H and O–H groups in total. The van der Waals surface area contributed by atoms with Gasteiger partial charge in [0.1, 0.15) is 0 Å². The van der Waals surface area contributed by atoms with Crippen molar-refractivity contribution in [3.05, 3.63) is 21.9 Å². The molecular formula is C9H12OS. The largest absolute Gasteiger partial charge is 0.385 e. The smallest absolute Gasteiger partial charge is 0.0937 e. The number of aryl methyl sites for hydroxylation is 1. The van der Waals surface area contributed by atoms with E-state index in [1.807, 2.05) is 0 Å². The quantitative estimate of drug-likeness (QED) is 0.682. The first kappa shape index (κ1) is 7.32. The molecule has 0 aromatic carbocycles. The zero-order valence-electron chi connectivity index (χ0n) is 6.79. The van der Waals surface area contributed by atoms with Gasteiger partial charge in [-0.05, 0) is 41.1 Å². The molecule has 2 atom stereocenters. The third kappa shape index (κ3) is 0.932. The summed E-state index contributed by atoms with van der Waals surface area (Å²) in [5, 5.41) is 14.1. The van der Waals surface area contributed by atoms with Gasteiger partial charge in [0.25, 0.3) is 0 Å². The maximum absolute atomic E-state index is 9.94. The lowest BCUT2D eigenvalue weighted by molar-refractivity contribution is 0.134. The summed E-state index contributed by atoms with van der Waals surface area (Å²) >= 11 is 1.68. The molecule has 1 aromatic rings. The number of rotatable bonds is 1. The SMILES string of the molecule is Cc1cscc1C1(O)CC1C. The van der Waals surface area contributed by atoms with Crippen LogP contribution in [0.1, 0.15) is 24.5 Å². The molecule has 1 aromatic heterocycles. The van der Waals surface area contributed by atoms with Gasteiger partial charge in [-0.25, -0.2) is 0 Å². The van der Waals surface area contributed by atoms with E-state index in [1.54, 1.807) is 11.3 Å². The van der Waals surface area contributed by atoms with Crippen molar-refractivity contribution in [1.29, 1.82) is 0 Å². The summed E-state index contributed by atoms with van der Waals surface area (Å²) in [6.07, 6.45) is 0.935. The van der Waals surface area contributed by atoms with Gasteiger partial charge in [-0.2, -0.15) is 11.3 Å². The molecular weight excluding hydrogens is 156 g/mol. The van der Waals surface area contributed by atoms with E-state index >= 15 is 0 Å². The Kier molecular flexibility index (Phi) is 1.38. The normalized spacial score (nSPS) is 35.7. The van der Waals surface area contributed by atoms with Crippen molar-refractivity contribution in [3.8, 4) is 0 Å². The molecule has 1 nitrogen and oxygen atoms in total. The molecule has 2 heteroatoms. The summed E-state index contributed by atoms with van der Waals surface area (Å²) in [6, 6.07) is 0. The monoisotopic (exact) mass is 168 g/mol. The van der Waals surface area contributed by atoms with Gasteiger partial charge in [0.05, 0.1) is 5.60 Å². The lowest BCUT2D eigenvalue weighted by Gasteiger charge is -2.07. The molecule has 11 heavy (non-hydrogen) atoms. The Balaban J connectivity index is 2.37. The molecule has 0 radical (unpaired) electrons. The second kappa shape index (κ2) is 2.08. The third-order valence-electron chi connectivity index (χ3n) is 2.59. The molecule has 0 amide bonds. The highest BCUT2D eigenvalue weighted by Gasteiger charge is 2.51. The van der Waals surface area contributed by atoms with Crippen molar-refractivity contribution in [1.82, 2.24) is 0 Å². The topological polar surface area (TPSA) is 20.2 Å². The van der Waals surface area contributed by atoms with E-state index in [0.717, 1.165) is 12.0 Å². The first-order valence-electron chi connectivity index (χ1n) is 3.90. The number of hydrogen-bond donors (Lipinski definition) is 1. The molecule has 1 aliphatic rings. The molecule has 0 spiro atoms. The van der Waals surface area contributed by atoms with Gasteiger partial charge in [-0.15, -0.1) is 0 Å². The van der Waals surface area contributed by atoms with Crippen molar-refractivity contribution in [2.45, 2.75) is 25.9 Å². The van der Waals surface area contributed by atoms with Crippen LogP contribution < -0.4 is 0 Å². The summed E-state index contributed by atoms with van der Waals surface area (Å²) in [7, 11) is 0. The van der Waals surface area contributed by atoms with Crippen LogP contribution in [0.25, 0.3) is 0 Å². The zero-order valence-corrected chi connectivity index (χ0v) is 7.61. The highest BCUT2D eigenvalue weighted by atomic mass is 32.1. The maximum atomic E-state index is 9.94. The molecule has 0 saturated heterocycles. The average Bonchev–Trinajstić information content (AvgIpc) is 2.43. The Morgan fingerprint density at radius 2 is 2.27 bits per heavy atom. The summed E-state index contributed by atoms with van der Waals surface area (Å²) in [5.41, 5.74) is 1.92. The van der Waals surface area contributed by atoms with Gasteiger partial charge < -0.3 is 5.11 Å². The molecule has 1 aliphatic carbocycles. The lowest BCUT2D eigenvalue weighted by Crippen LogP contribution is -2.07. The minimum Gasteiger partial charge on any atom is -0.385 e. The predicted molar refractivity (Wildman–Crippen MR) is 46.7 cm³/mol. The molecule has 1 saturated carbocycles. The van der Waals surface area contributed by atoms with Crippen LogP contribution >= 0.6 is 11.3 Å². The fraction of sp³-hybridized carbons (Fsp3) is 0.556. The van der Waals surface area contributed by atoms with Gasteiger partial charge in [0, 0.05) is 0 Å². The minimum atomic E-state index is -0.468. The van der Waals surface area contributed by atoms with E-state index in [2.05, 4.69) is 24.6 Å². The van der Waals surface area contributed by atoms with Gasteiger partial charge >= 0.3 is 0 Å². The molecule has 0 aliphatic heterocycles. The van der Waals surface area contributed by atoms with Crippen molar-refractivity contribution in [3.63, 3.8) is 0 Å². The number of aliphatic hydroxyl groups is 1. The van der Waals surface area contributed by atoms with Crippen molar-refractivity contribution in [2.24, 2.45) is 5.92 Å². The summed E-state index contributed by atoms with van der Waals surface area (Å²) in [5.74, 6) is 0.454. The number of hydrogen-bond acceptors (Lipinski definition) is 2. The van der Waals surface area contributed by atoms with Crippen LogP contribution in [-0.2, 0) is 5.60 Å². The molecule has 2 rings (SSSR count). The van der Waals surface area contributed by atoms with Crippen LogP contribution in [0.15, 0.2) is 10.8 Å². The second-order valence-corrected chi connectivity index (χ2v) is 4.24. The molecule has 2 unspecified atom stereocenters. The van der Waals surface area contributed by atoms with Crippen molar-refractivity contribution >= 4 is 11.3 Å². The minimum absolute atomic E-state index is 0.454. The second-order valence-electron chi connectivity index (χ2n) is 3.50. The van der Waals surface area contributed by atoms with Crippen LogP contribution in [0, 0.1) is 12.8 Å². The van der Waals surface area contributed by atoms with E-state index < -0.39 is 5.60 Å². The van der Waals surface area contributed by atoms with Gasteiger partial charge in [0.2, 0.25) is 0 Å². The molecule has 1 fully saturated rings. The highest BCUT2D eigenvalue weighted by molar-refractivity contribution is 7.08. The maximum Gasteiger partial charge on any atom is 0.0937 e. The first-order valence-corrected chi connectivity index (χ1v) is 4.84. The van der Waals surface area contributed by atoms with E-state index in [-0.39, 0.29) is 0 Å². The van der Waals surface area contributed by atoms with E-state index in [9.17, 15) is 5.11 Å². The molecule has 60 valence electrons. The van der Waals surface area contributed by atoms with Gasteiger partial charge in [-0.1, -0.05) is 6.92 Å². The Bertz CT molecular complexity index is 279. The average molecular weight is 168 g/mol. The Morgan fingerprint density at radius 3 is 2.64 bits per heavy atom. The Labute approximate surface area is 70.7 Å². The third-order valence-corrected chi connectivity index (χ3v) is 3.46. The first-order chi connectivity index (χ1) is 5.14. The molecule has 1 heterocycles. The summed E-state index contributed by atoms with van der Waals surface area (Å²) in [4.78, 5) is 0. The van der Waals surface area contributed by atoms with E-state index in [4.69, 9.17) is 0 Å². The number of thiophene rings is 1. The van der Waals surface area contributed by atoms with Gasteiger partial charge in [-0.3, -0.25) is 0 Å². The fourth-order valence-corrected chi connectivity index (χ4v) is 2.51. The predicted octanol–water partition coefficient (Wildman–Crippen LogP) is 2.28. The van der Waals surface area contributed by atoms with Gasteiger partial charge in [0.15, 0.2) is 0 Å². The van der Waals surface area contributed by atoms with Crippen molar-refractivity contribution < 1.29 is 5.11 Å². The van der Waals surface area contributed by atoms with Crippen molar-refractivity contribution in [2.75, 3.05) is 0 Å². The lowest BCUT2D eigenvalue weighted by atomic mass is 10.1. The molecule has 0 bridgehead atoms. The Hall–Kier alpha value is -0.340. The standard InChI is InChI=1S/C9H12OS/c1-6-4-11-5-8(6)9(10)3-7(9)2/h4-5,7,10H,3H2,1-2H3. The summed E-state index contributed by atoms with van der Waals surface area (Å²) in [6.45, 7) is 4.16. The van der Waals surface area contributed by atoms with Crippen LogP contribution in [0.3, 0.4) is 0 Å². The zero-order chi connectivity index (χ0) is 8.06. The van der Waals surface area contributed by atoms with Crippen LogP contribution in [-0.4, -0.2) is 5.11 Å². The van der Waals surface area contributed by atoms with E-state index in [0.29, 0.717) is 5.92 Å². The van der Waals surface area contributed by atoms with Crippen LogP contribution in [0.5, 0.6) is 0 Å².